The second kappa shape index (κ2) is 7.41. The normalized spacial score (nSPS) is 12.6. The molecule has 21 heavy (non-hydrogen) atoms. The van der Waals surface area contributed by atoms with Gasteiger partial charge in [-0.2, -0.15) is 0 Å². The van der Waals surface area contributed by atoms with E-state index in [1.54, 1.807) is 6.20 Å². The molecule has 0 bridgehead atoms. The van der Waals surface area contributed by atoms with Gasteiger partial charge in [-0.15, -0.1) is 0 Å². The molecular weight excluding hydrogens is 260 g/mol. The van der Waals surface area contributed by atoms with Crippen molar-refractivity contribution in [1.82, 2.24) is 9.97 Å². The number of aromatic nitrogens is 2. The van der Waals surface area contributed by atoms with Crippen LogP contribution in [-0.2, 0) is 6.42 Å². The van der Waals surface area contributed by atoms with E-state index in [9.17, 15) is 5.11 Å². The SMILES string of the molecule is Cc1ccc(CCCCCC(O)c2cnc(C)[nH]2)c(C)c1. The Kier molecular flexibility index (Phi) is 5.57. The van der Waals surface area contributed by atoms with Crippen LogP contribution in [0.2, 0.25) is 0 Å². The van der Waals surface area contributed by atoms with E-state index in [2.05, 4.69) is 42.0 Å². The first kappa shape index (κ1) is 15.8. The number of aliphatic hydroxyl groups is 1. The van der Waals surface area contributed by atoms with E-state index < -0.39 is 6.10 Å². The second-order valence-corrected chi connectivity index (χ2v) is 5.97. The third-order valence-electron chi connectivity index (χ3n) is 4.00. The van der Waals surface area contributed by atoms with Gasteiger partial charge >= 0.3 is 0 Å². The first-order valence-corrected chi connectivity index (χ1v) is 7.82. The van der Waals surface area contributed by atoms with Crippen molar-refractivity contribution < 1.29 is 5.11 Å². The maximum atomic E-state index is 10.1. The predicted octanol–water partition coefficient (Wildman–Crippen LogP) is 4.17. The Morgan fingerprint density at radius 2 is 1.95 bits per heavy atom. The van der Waals surface area contributed by atoms with Gasteiger partial charge in [-0.1, -0.05) is 36.6 Å². The van der Waals surface area contributed by atoms with Crippen LogP contribution in [0.5, 0.6) is 0 Å². The molecule has 0 aliphatic carbocycles. The van der Waals surface area contributed by atoms with Gasteiger partial charge in [-0.25, -0.2) is 4.98 Å². The molecule has 2 aromatic rings. The summed E-state index contributed by atoms with van der Waals surface area (Å²) >= 11 is 0. The Hall–Kier alpha value is -1.61. The van der Waals surface area contributed by atoms with E-state index in [0.717, 1.165) is 37.2 Å². The van der Waals surface area contributed by atoms with Gasteiger partial charge in [0.15, 0.2) is 0 Å². The second-order valence-electron chi connectivity index (χ2n) is 5.97. The summed E-state index contributed by atoms with van der Waals surface area (Å²) in [6, 6.07) is 6.68. The number of hydrogen-bond donors (Lipinski definition) is 2. The minimum atomic E-state index is -0.410. The number of aryl methyl sites for hydroxylation is 4. The Balaban J connectivity index is 1.68. The lowest BCUT2D eigenvalue weighted by Gasteiger charge is -2.09. The monoisotopic (exact) mass is 286 g/mol. The lowest BCUT2D eigenvalue weighted by Crippen LogP contribution is -1.98. The van der Waals surface area contributed by atoms with Crippen LogP contribution in [0, 0.1) is 20.8 Å². The lowest BCUT2D eigenvalue weighted by molar-refractivity contribution is 0.159. The van der Waals surface area contributed by atoms with Crippen LogP contribution in [0.15, 0.2) is 24.4 Å². The van der Waals surface area contributed by atoms with Gasteiger partial charge < -0.3 is 10.1 Å². The highest BCUT2D eigenvalue weighted by molar-refractivity contribution is 5.30. The smallest absolute Gasteiger partial charge is 0.103 e. The zero-order chi connectivity index (χ0) is 15.2. The topological polar surface area (TPSA) is 48.9 Å². The molecule has 1 aromatic heterocycles. The van der Waals surface area contributed by atoms with Crippen LogP contribution in [-0.4, -0.2) is 15.1 Å². The molecule has 0 amide bonds. The molecule has 0 aliphatic rings. The van der Waals surface area contributed by atoms with Gasteiger partial charge in [0.25, 0.3) is 0 Å². The van der Waals surface area contributed by atoms with Crippen molar-refractivity contribution in [2.24, 2.45) is 0 Å². The van der Waals surface area contributed by atoms with E-state index >= 15 is 0 Å². The average molecular weight is 286 g/mol. The number of aromatic amines is 1. The maximum absolute atomic E-state index is 10.1. The number of nitrogens with one attached hydrogen (secondary N) is 1. The number of imidazole rings is 1. The number of benzene rings is 1. The van der Waals surface area contributed by atoms with Crippen LogP contribution in [0.4, 0.5) is 0 Å². The van der Waals surface area contributed by atoms with E-state index in [0.29, 0.717) is 0 Å². The fraction of sp³-hybridized carbons (Fsp3) is 0.500. The van der Waals surface area contributed by atoms with Crippen molar-refractivity contribution in [2.45, 2.75) is 59.0 Å². The summed E-state index contributed by atoms with van der Waals surface area (Å²) in [6.07, 6.45) is 6.63. The first-order valence-electron chi connectivity index (χ1n) is 7.82. The largest absolute Gasteiger partial charge is 0.387 e. The highest BCUT2D eigenvalue weighted by Gasteiger charge is 2.09. The predicted molar refractivity (Wildman–Crippen MR) is 86.4 cm³/mol. The fourth-order valence-corrected chi connectivity index (χ4v) is 2.72. The number of aliphatic hydroxyl groups excluding tert-OH is 1. The molecule has 1 unspecified atom stereocenters. The molecule has 2 N–H and O–H groups in total. The summed E-state index contributed by atoms with van der Waals surface area (Å²) in [5.74, 6) is 0.860. The van der Waals surface area contributed by atoms with Crippen LogP contribution in [0.1, 0.15) is 60.0 Å². The van der Waals surface area contributed by atoms with E-state index in [1.165, 1.54) is 23.1 Å². The molecule has 0 fully saturated rings. The first-order chi connectivity index (χ1) is 10.1. The van der Waals surface area contributed by atoms with Gasteiger partial charge in [-0.05, 0) is 51.2 Å². The minimum absolute atomic E-state index is 0.410. The average Bonchev–Trinajstić information content (AvgIpc) is 2.87. The van der Waals surface area contributed by atoms with Crippen molar-refractivity contribution in [2.75, 3.05) is 0 Å². The standard InChI is InChI=1S/C18H26N2O/c1-13-9-10-16(14(2)11-13)7-5-4-6-8-18(21)17-12-19-15(3)20-17/h9-12,18,21H,4-8H2,1-3H3,(H,19,20). The van der Waals surface area contributed by atoms with E-state index in [4.69, 9.17) is 0 Å². The fourth-order valence-electron chi connectivity index (χ4n) is 2.72. The van der Waals surface area contributed by atoms with Crippen LogP contribution in [0.25, 0.3) is 0 Å². The van der Waals surface area contributed by atoms with Crippen molar-refractivity contribution in [3.05, 3.63) is 52.6 Å². The van der Waals surface area contributed by atoms with Crippen molar-refractivity contribution in [1.29, 1.82) is 0 Å². The molecule has 0 spiro atoms. The Morgan fingerprint density at radius 1 is 1.14 bits per heavy atom. The number of rotatable bonds is 7. The molecule has 3 nitrogen and oxygen atoms in total. The quantitative estimate of drug-likeness (QED) is 0.750. The van der Waals surface area contributed by atoms with Gasteiger partial charge in [0, 0.05) is 0 Å². The number of nitrogens with zero attached hydrogens (tertiary/aromatic N) is 1. The minimum Gasteiger partial charge on any atom is -0.387 e. The highest BCUT2D eigenvalue weighted by Crippen LogP contribution is 2.19. The summed E-state index contributed by atoms with van der Waals surface area (Å²) in [6.45, 7) is 6.22. The van der Waals surface area contributed by atoms with Gasteiger partial charge in [0.1, 0.15) is 5.82 Å². The Morgan fingerprint density at radius 3 is 2.62 bits per heavy atom. The molecule has 2 rings (SSSR count). The molecule has 0 aliphatic heterocycles. The Labute approximate surface area is 127 Å². The summed E-state index contributed by atoms with van der Waals surface area (Å²) in [7, 11) is 0. The number of hydrogen-bond acceptors (Lipinski definition) is 2. The van der Waals surface area contributed by atoms with Crippen molar-refractivity contribution in [3.8, 4) is 0 Å². The lowest BCUT2D eigenvalue weighted by atomic mass is 9.99. The van der Waals surface area contributed by atoms with Crippen molar-refractivity contribution >= 4 is 0 Å². The molecule has 0 saturated heterocycles. The molecular formula is C18H26N2O. The van der Waals surface area contributed by atoms with Crippen LogP contribution >= 0.6 is 0 Å². The third-order valence-corrected chi connectivity index (χ3v) is 4.00. The summed E-state index contributed by atoms with van der Waals surface area (Å²) in [5, 5.41) is 10.1. The molecule has 0 radical (unpaired) electrons. The molecule has 1 aromatic carbocycles. The molecule has 1 atom stereocenters. The summed E-state index contributed by atoms with van der Waals surface area (Å²) in [4.78, 5) is 7.22. The summed E-state index contributed by atoms with van der Waals surface area (Å²) < 4.78 is 0. The third kappa shape index (κ3) is 4.71. The molecule has 0 saturated carbocycles. The van der Waals surface area contributed by atoms with E-state index in [-0.39, 0.29) is 0 Å². The molecule has 1 heterocycles. The van der Waals surface area contributed by atoms with Crippen molar-refractivity contribution in [3.63, 3.8) is 0 Å². The van der Waals surface area contributed by atoms with Gasteiger partial charge in [-0.3, -0.25) is 0 Å². The zero-order valence-electron chi connectivity index (χ0n) is 13.3. The zero-order valence-corrected chi connectivity index (χ0v) is 13.3. The van der Waals surface area contributed by atoms with E-state index in [1.807, 2.05) is 6.92 Å². The molecule has 3 heteroatoms. The van der Waals surface area contributed by atoms with Gasteiger partial charge in [0.05, 0.1) is 18.0 Å². The van der Waals surface area contributed by atoms with Gasteiger partial charge in [0.2, 0.25) is 0 Å². The maximum Gasteiger partial charge on any atom is 0.103 e. The summed E-state index contributed by atoms with van der Waals surface area (Å²) in [5.41, 5.74) is 5.00. The molecule has 114 valence electrons. The van der Waals surface area contributed by atoms with Crippen LogP contribution in [0.3, 0.4) is 0 Å². The highest BCUT2D eigenvalue weighted by atomic mass is 16.3. The van der Waals surface area contributed by atoms with Crippen LogP contribution < -0.4 is 0 Å². The Bertz CT molecular complexity index is 574. The number of unbranched alkanes of at least 4 members (excludes halogenated alkanes) is 2. The number of H-pyrrole nitrogens is 1.